The molecule has 2 heterocycles. The summed E-state index contributed by atoms with van der Waals surface area (Å²) < 4.78 is 5.22. The average Bonchev–Trinajstić information content (AvgIpc) is 3.09. The normalized spacial score (nSPS) is 15.5. The van der Waals surface area contributed by atoms with Crippen LogP contribution in [0.3, 0.4) is 0 Å². The van der Waals surface area contributed by atoms with Gasteiger partial charge in [0.15, 0.2) is 0 Å². The molecule has 3 rings (SSSR count). The van der Waals surface area contributed by atoms with Crippen LogP contribution >= 0.6 is 0 Å². The Hall–Kier alpha value is -2.24. The van der Waals surface area contributed by atoms with E-state index in [1.807, 2.05) is 30.1 Å². The summed E-state index contributed by atoms with van der Waals surface area (Å²) in [6, 6.07) is 5.94. The van der Waals surface area contributed by atoms with Gasteiger partial charge in [-0.05, 0) is 25.0 Å². The first kappa shape index (κ1) is 15.6. The van der Waals surface area contributed by atoms with Gasteiger partial charge in [-0.3, -0.25) is 9.78 Å². The van der Waals surface area contributed by atoms with Gasteiger partial charge in [0.25, 0.3) is 0 Å². The highest BCUT2D eigenvalue weighted by molar-refractivity contribution is 5.76. The first-order valence-corrected chi connectivity index (χ1v) is 8.23. The van der Waals surface area contributed by atoms with Crippen molar-refractivity contribution in [3.63, 3.8) is 0 Å². The van der Waals surface area contributed by atoms with Crippen LogP contribution in [0, 0.1) is 0 Å². The number of aryl methyl sites for hydroxylation is 1. The van der Waals surface area contributed by atoms with Crippen LogP contribution in [-0.2, 0) is 11.2 Å². The molecule has 6 nitrogen and oxygen atoms in total. The Kier molecular flexibility index (Phi) is 5.00. The molecule has 2 aromatic heterocycles. The minimum absolute atomic E-state index is 0.148. The zero-order valence-electron chi connectivity index (χ0n) is 13.4. The van der Waals surface area contributed by atoms with Crippen LogP contribution in [0.2, 0.25) is 0 Å². The highest BCUT2D eigenvalue weighted by Crippen LogP contribution is 2.22. The largest absolute Gasteiger partial charge is 0.343 e. The summed E-state index contributed by atoms with van der Waals surface area (Å²) in [5.74, 6) is 1.10. The molecular formula is C17H22N4O2. The predicted octanol–water partition coefficient (Wildman–Crippen LogP) is 2.86. The van der Waals surface area contributed by atoms with E-state index in [9.17, 15) is 4.79 Å². The van der Waals surface area contributed by atoms with Crippen molar-refractivity contribution in [3.8, 4) is 11.5 Å². The van der Waals surface area contributed by atoms with E-state index in [-0.39, 0.29) is 5.91 Å². The lowest BCUT2D eigenvalue weighted by atomic mass is 9.94. The molecule has 23 heavy (non-hydrogen) atoms. The van der Waals surface area contributed by atoms with E-state index in [4.69, 9.17) is 4.52 Å². The number of hydrogen-bond acceptors (Lipinski definition) is 5. The Morgan fingerprint density at radius 2 is 2.13 bits per heavy atom. The van der Waals surface area contributed by atoms with Crippen molar-refractivity contribution in [1.29, 1.82) is 0 Å². The number of aromatic nitrogens is 3. The summed E-state index contributed by atoms with van der Waals surface area (Å²) in [5, 5.41) is 3.93. The zero-order valence-corrected chi connectivity index (χ0v) is 13.4. The van der Waals surface area contributed by atoms with Gasteiger partial charge in [0.05, 0.1) is 0 Å². The molecule has 0 saturated heterocycles. The summed E-state index contributed by atoms with van der Waals surface area (Å²) in [6.45, 7) is 0. The van der Waals surface area contributed by atoms with Gasteiger partial charge in [-0.15, -0.1) is 0 Å². The van der Waals surface area contributed by atoms with E-state index >= 15 is 0 Å². The molecule has 122 valence electrons. The van der Waals surface area contributed by atoms with E-state index < -0.39 is 0 Å². The number of pyridine rings is 1. The summed E-state index contributed by atoms with van der Waals surface area (Å²) >= 11 is 0. The maximum atomic E-state index is 12.3. The third-order valence-electron chi connectivity index (χ3n) is 4.43. The predicted molar refractivity (Wildman–Crippen MR) is 85.5 cm³/mol. The molecule has 6 heteroatoms. The van der Waals surface area contributed by atoms with Gasteiger partial charge < -0.3 is 9.42 Å². The second kappa shape index (κ2) is 7.35. The van der Waals surface area contributed by atoms with Crippen molar-refractivity contribution in [2.45, 2.75) is 51.0 Å². The molecule has 0 radical (unpaired) electrons. The molecule has 0 aliphatic heterocycles. The highest BCUT2D eigenvalue weighted by Gasteiger charge is 2.22. The van der Waals surface area contributed by atoms with Crippen LogP contribution in [0.1, 0.15) is 44.4 Å². The Bertz CT molecular complexity index is 635. The van der Waals surface area contributed by atoms with E-state index in [1.165, 1.54) is 19.3 Å². The molecule has 0 atom stereocenters. The summed E-state index contributed by atoms with van der Waals surface area (Å²) in [5.41, 5.74) is 0.674. The third-order valence-corrected chi connectivity index (χ3v) is 4.43. The van der Waals surface area contributed by atoms with E-state index in [0.717, 1.165) is 12.8 Å². The van der Waals surface area contributed by atoms with Gasteiger partial charge in [0.2, 0.25) is 17.6 Å². The van der Waals surface area contributed by atoms with Gasteiger partial charge in [-0.1, -0.05) is 30.5 Å². The number of amides is 1. The summed E-state index contributed by atoms with van der Waals surface area (Å²) in [7, 11) is 1.91. The second-order valence-corrected chi connectivity index (χ2v) is 6.02. The Morgan fingerprint density at radius 3 is 2.87 bits per heavy atom. The van der Waals surface area contributed by atoms with Crippen molar-refractivity contribution in [2.75, 3.05) is 7.05 Å². The maximum Gasteiger partial charge on any atom is 0.227 e. The molecule has 0 spiro atoms. The number of carbonyl (C=O) groups is 1. The Labute approximate surface area is 135 Å². The summed E-state index contributed by atoms with van der Waals surface area (Å²) in [4.78, 5) is 22.7. The highest BCUT2D eigenvalue weighted by atomic mass is 16.5. The van der Waals surface area contributed by atoms with Gasteiger partial charge in [0, 0.05) is 32.1 Å². The number of rotatable bonds is 5. The molecule has 1 aliphatic carbocycles. The number of hydrogen-bond donors (Lipinski definition) is 0. The Morgan fingerprint density at radius 1 is 1.30 bits per heavy atom. The maximum absolute atomic E-state index is 12.3. The molecule has 0 bridgehead atoms. The fourth-order valence-corrected chi connectivity index (χ4v) is 3.02. The smallest absolute Gasteiger partial charge is 0.227 e. The van der Waals surface area contributed by atoms with Crippen molar-refractivity contribution < 1.29 is 9.32 Å². The molecule has 0 unspecified atom stereocenters. The molecular weight excluding hydrogens is 292 g/mol. The molecule has 1 aliphatic rings. The van der Waals surface area contributed by atoms with Gasteiger partial charge >= 0.3 is 0 Å². The number of carbonyl (C=O) groups excluding carboxylic acids is 1. The number of nitrogens with zero attached hydrogens (tertiary/aromatic N) is 4. The average molecular weight is 314 g/mol. The van der Waals surface area contributed by atoms with Crippen LogP contribution in [0.4, 0.5) is 0 Å². The fourth-order valence-electron chi connectivity index (χ4n) is 3.02. The van der Waals surface area contributed by atoms with Crippen molar-refractivity contribution in [1.82, 2.24) is 20.0 Å². The second-order valence-electron chi connectivity index (χ2n) is 6.02. The lowest BCUT2D eigenvalue weighted by molar-refractivity contribution is -0.132. The molecule has 0 aromatic carbocycles. The lowest BCUT2D eigenvalue weighted by Crippen LogP contribution is -2.38. The van der Waals surface area contributed by atoms with Crippen LogP contribution < -0.4 is 0 Å². The molecule has 1 saturated carbocycles. The molecule has 1 fully saturated rings. The molecule has 1 amide bonds. The van der Waals surface area contributed by atoms with Crippen molar-refractivity contribution >= 4 is 5.91 Å². The Balaban J connectivity index is 1.54. The first-order chi connectivity index (χ1) is 11.2. The quantitative estimate of drug-likeness (QED) is 0.848. The first-order valence-electron chi connectivity index (χ1n) is 8.23. The minimum atomic E-state index is 0.148. The van der Waals surface area contributed by atoms with E-state index in [1.54, 1.807) is 6.20 Å². The topological polar surface area (TPSA) is 72.1 Å². The van der Waals surface area contributed by atoms with Crippen LogP contribution in [-0.4, -0.2) is 39.0 Å². The van der Waals surface area contributed by atoms with Crippen LogP contribution in [0.5, 0.6) is 0 Å². The zero-order chi connectivity index (χ0) is 16.1. The summed E-state index contributed by atoms with van der Waals surface area (Å²) in [6.07, 6.45) is 8.52. The SMILES string of the molecule is CN(C(=O)CCc1nc(-c2ccccn2)no1)C1CCCCC1. The lowest BCUT2D eigenvalue weighted by Gasteiger charge is -2.31. The van der Waals surface area contributed by atoms with Crippen molar-refractivity contribution in [2.24, 2.45) is 0 Å². The fraction of sp³-hybridized carbons (Fsp3) is 0.529. The molecule has 2 aromatic rings. The van der Waals surface area contributed by atoms with Gasteiger partial charge in [-0.2, -0.15) is 4.98 Å². The van der Waals surface area contributed by atoms with E-state index in [2.05, 4.69) is 15.1 Å². The van der Waals surface area contributed by atoms with Gasteiger partial charge in [-0.25, -0.2) is 0 Å². The molecule has 0 N–H and O–H groups in total. The standard InChI is InChI=1S/C17H22N4O2/c1-21(13-7-3-2-4-8-13)16(22)11-10-15-19-17(20-23-15)14-9-5-6-12-18-14/h5-6,9,12-13H,2-4,7-8,10-11H2,1H3. The third kappa shape index (κ3) is 3.94. The van der Waals surface area contributed by atoms with Crippen LogP contribution in [0.15, 0.2) is 28.9 Å². The monoisotopic (exact) mass is 314 g/mol. The van der Waals surface area contributed by atoms with Crippen LogP contribution in [0.25, 0.3) is 11.5 Å². The van der Waals surface area contributed by atoms with Gasteiger partial charge in [0.1, 0.15) is 5.69 Å². The minimum Gasteiger partial charge on any atom is -0.343 e. The van der Waals surface area contributed by atoms with E-state index in [0.29, 0.717) is 36.3 Å². The van der Waals surface area contributed by atoms with Crippen molar-refractivity contribution in [3.05, 3.63) is 30.3 Å².